The van der Waals surface area contributed by atoms with Gasteiger partial charge in [-0.2, -0.15) is 0 Å². The summed E-state index contributed by atoms with van der Waals surface area (Å²) in [6.07, 6.45) is 2.44. The van der Waals surface area contributed by atoms with Crippen LogP contribution in [0.2, 0.25) is 0 Å². The van der Waals surface area contributed by atoms with Crippen LogP contribution >= 0.6 is 15.9 Å². The number of halogens is 1. The lowest BCUT2D eigenvalue weighted by Crippen LogP contribution is -2.33. The van der Waals surface area contributed by atoms with Crippen LogP contribution in [0.15, 0.2) is 16.6 Å². The Morgan fingerprint density at radius 2 is 2.18 bits per heavy atom. The van der Waals surface area contributed by atoms with Crippen molar-refractivity contribution in [3.63, 3.8) is 0 Å². The number of aromatic nitrogens is 3. The van der Waals surface area contributed by atoms with E-state index in [1.54, 1.807) is 7.11 Å². The van der Waals surface area contributed by atoms with Crippen molar-refractivity contribution in [3.05, 3.63) is 22.2 Å². The van der Waals surface area contributed by atoms with E-state index < -0.39 is 0 Å². The summed E-state index contributed by atoms with van der Waals surface area (Å²) in [5, 5.41) is 8.48. The summed E-state index contributed by atoms with van der Waals surface area (Å²) in [4.78, 5) is 0. The van der Waals surface area contributed by atoms with Crippen LogP contribution in [0.4, 0.5) is 0 Å². The molecule has 0 radical (unpaired) electrons. The van der Waals surface area contributed by atoms with E-state index in [1.165, 1.54) is 5.56 Å². The van der Waals surface area contributed by atoms with Gasteiger partial charge < -0.3 is 4.74 Å². The van der Waals surface area contributed by atoms with E-state index in [0.717, 1.165) is 28.3 Å². The molecule has 0 saturated heterocycles. The van der Waals surface area contributed by atoms with Crippen molar-refractivity contribution in [1.82, 2.24) is 15.0 Å². The van der Waals surface area contributed by atoms with Crippen molar-refractivity contribution in [2.45, 2.75) is 31.9 Å². The zero-order chi connectivity index (χ0) is 12.0. The topological polar surface area (TPSA) is 39.9 Å². The smallest absolute Gasteiger partial charge is 0.113 e. The molecule has 0 N–H and O–H groups in total. The van der Waals surface area contributed by atoms with Crippen molar-refractivity contribution in [3.8, 4) is 0 Å². The van der Waals surface area contributed by atoms with Gasteiger partial charge in [-0.15, -0.1) is 5.10 Å². The highest BCUT2D eigenvalue weighted by Crippen LogP contribution is 2.36. The summed E-state index contributed by atoms with van der Waals surface area (Å²) in [7, 11) is 1.76. The highest BCUT2D eigenvalue weighted by molar-refractivity contribution is 9.10. The van der Waals surface area contributed by atoms with Crippen LogP contribution in [0.5, 0.6) is 0 Å². The zero-order valence-electron chi connectivity index (χ0n) is 9.85. The molecule has 1 aromatic carbocycles. The van der Waals surface area contributed by atoms with Gasteiger partial charge in [-0.1, -0.05) is 21.1 Å². The summed E-state index contributed by atoms with van der Waals surface area (Å²) in [5.41, 5.74) is 3.25. The molecule has 5 heteroatoms. The van der Waals surface area contributed by atoms with Crippen molar-refractivity contribution >= 4 is 27.0 Å². The molecule has 0 aliphatic heterocycles. The lowest BCUT2D eigenvalue weighted by molar-refractivity contribution is 0.00332. The molecule has 0 spiro atoms. The second-order valence-corrected chi connectivity index (χ2v) is 5.46. The first-order valence-electron chi connectivity index (χ1n) is 5.73. The van der Waals surface area contributed by atoms with Crippen LogP contribution in [0.25, 0.3) is 11.0 Å². The summed E-state index contributed by atoms with van der Waals surface area (Å²) in [6, 6.07) is 4.60. The van der Waals surface area contributed by atoms with Crippen LogP contribution < -0.4 is 0 Å². The van der Waals surface area contributed by atoms with Gasteiger partial charge in [-0.3, -0.25) is 0 Å². The van der Waals surface area contributed by atoms with Crippen molar-refractivity contribution < 1.29 is 4.74 Å². The predicted molar refractivity (Wildman–Crippen MR) is 69.0 cm³/mol. The Morgan fingerprint density at radius 3 is 2.88 bits per heavy atom. The van der Waals surface area contributed by atoms with Crippen LogP contribution in [-0.4, -0.2) is 28.2 Å². The molecule has 1 aromatic heterocycles. The Kier molecular flexibility index (Phi) is 2.67. The van der Waals surface area contributed by atoms with Crippen LogP contribution in [0.3, 0.4) is 0 Å². The summed E-state index contributed by atoms with van der Waals surface area (Å²) in [5.74, 6) is 0. The molecular weight excluding hydrogens is 282 g/mol. The van der Waals surface area contributed by atoms with E-state index in [1.807, 2.05) is 4.68 Å². The van der Waals surface area contributed by atoms with E-state index in [4.69, 9.17) is 4.74 Å². The first kappa shape index (κ1) is 11.2. The van der Waals surface area contributed by atoms with Crippen molar-refractivity contribution in [1.29, 1.82) is 0 Å². The summed E-state index contributed by atoms with van der Waals surface area (Å²) < 4.78 is 8.43. The fourth-order valence-electron chi connectivity index (χ4n) is 2.26. The molecule has 1 saturated carbocycles. The fourth-order valence-corrected chi connectivity index (χ4v) is 2.59. The Balaban J connectivity index is 1.98. The molecule has 3 rings (SSSR count). The molecule has 0 atom stereocenters. The lowest BCUT2D eigenvalue weighted by atomic mass is 9.89. The molecule has 1 fully saturated rings. The van der Waals surface area contributed by atoms with Crippen LogP contribution in [-0.2, 0) is 4.74 Å². The standard InChI is InChI=1S/C12H14BrN3O/c1-7-3-11-12(6-10(7)13)16(15-14-11)8-4-9(5-8)17-2/h3,6,8-9H,4-5H2,1-2H3. The Labute approximate surface area is 108 Å². The molecule has 1 aliphatic rings. The molecule has 1 aliphatic carbocycles. The van der Waals surface area contributed by atoms with E-state index in [-0.39, 0.29) is 0 Å². The maximum atomic E-state index is 5.30. The van der Waals surface area contributed by atoms with E-state index in [2.05, 4.69) is 45.3 Å². The lowest BCUT2D eigenvalue weighted by Gasteiger charge is -2.34. The molecule has 0 unspecified atom stereocenters. The van der Waals surface area contributed by atoms with Crippen molar-refractivity contribution in [2.75, 3.05) is 7.11 Å². The first-order valence-corrected chi connectivity index (χ1v) is 6.52. The van der Waals surface area contributed by atoms with Gasteiger partial charge in [0.1, 0.15) is 5.52 Å². The Morgan fingerprint density at radius 1 is 1.41 bits per heavy atom. The molecule has 0 amide bonds. The monoisotopic (exact) mass is 295 g/mol. The molecule has 0 bridgehead atoms. The third kappa shape index (κ3) is 1.77. The number of ether oxygens (including phenoxy) is 1. The minimum Gasteiger partial charge on any atom is -0.381 e. The minimum absolute atomic E-state index is 0.383. The third-order valence-electron chi connectivity index (χ3n) is 3.50. The predicted octanol–water partition coefficient (Wildman–Crippen LogP) is 2.85. The van der Waals surface area contributed by atoms with Crippen molar-refractivity contribution in [2.24, 2.45) is 0 Å². The number of benzene rings is 1. The molecular formula is C12H14BrN3O. The number of aryl methyl sites for hydroxylation is 1. The second kappa shape index (κ2) is 4.07. The summed E-state index contributed by atoms with van der Waals surface area (Å²) in [6.45, 7) is 2.06. The van der Waals surface area contributed by atoms with Gasteiger partial charge in [-0.05, 0) is 37.5 Å². The average molecular weight is 296 g/mol. The van der Waals surface area contributed by atoms with Crippen LogP contribution in [0.1, 0.15) is 24.4 Å². The van der Waals surface area contributed by atoms with E-state index in [9.17, 15) is 0 Å². The SMILES string of the molecule is COC1CC(n2nnc3cc(C)c(Br)cc32)C1. The highest BCUT2D eigenvalue weighted by atomic mass is 79.9. The van der Waals surface area contributed by atoms with E-state index in [0.29, 0.717) is 12.1 Å². The molecule has 4 nitrogen and oxygen atoms in total. The molecule has 90 valence electrons. The van der Waals surface area contributed by atoms with Gasteiger partial charge >= 0.3 is 0 Å². The van der Waals surface area contributed by atoms with Crippen LogP contribution in [0, 0.1) is 6.92 Å². The number of methoxy groups -OCH3 is 1. The van der Waals surface area contributed by atoms with Gasteiger partial charge in [0.15, 0.2) is 0 Å². The first-order chi connectivity index (χ1) is 8.19. The van der Waals surface area contributed by atoms with Gasteiger partial charge in [0.25, 0.3) is 0 Å². The molecule has 17 heavy (non-hydrogen) atoms. The largest absolute Gasteiger partial charge is 0.381 e. The Bertz CT molecular complexity index is 560. The highest BCUT2D eigenvalue weighted by Gasteiger charge is 2.32. The third-order valence-corrected chi connectivity index (χ3v) is 4.35. The van der Waals surface area contributed by atoms with Gasteiger partial charge in [0.2, 0.25) is 0 Å². The minimum atomic E-state index is 0.383. The normalized spacial score (nSPS) is 23.9. The number of fused-ring (bicyclic) bond motifs is 1. The number of rotatable bonds is 2. The number of nitrogens with zero attached hydrogens (tertiary/aromatic N) is 3. The van der Waals surface area contributed by atoms with Gasteiger partial charge in [0.05, 0.1) is 17.7 Å². The summed E-state index contributed by atoms with van der Waals surface area (Å²) >= 11 is 3.56. The second-order valence-electron chi connectivity index (χ2n) is 4.61. The number of hydrogen-bond acceptors (Lipinski definition) is 3. The average Bonchev–Trinajstić information content (AvgIpc) is 2.61. The van der Waals surface area contributed by atoms with Gasteiger partial charge in [-0.25, -0.2) is 4.68 Å². The molecule has 1 heterocycles. The maximum absolute atomic E-state index is 5.30. The van der Waals surface area contributed by atoms with Gasteiger partial charge in [0, 0.05) is 11.6 Å². The Hall–Kier alpha value is -0.940. The number of hydrogen-bond donors (Lipinski definition) is 0. The zero-order valence-corrected chi connectivity index (χ0v) is 11.4. The maximum Gasteiger partial charge on any atom is 0.113 e. The fraction of sp³-hybridized carbons (Fsp3) is 0.500. The quantitative estimate of drug-likeness (QED) is 0.855. The molecule has 2 aromatic rings. The van der Waals surface area contributed by atoms with E-state index >= 15 is 0 Å².